The monoisotopic (exact) mass is 285 g/mol. The average molecular weight is 285 g/mol. The van der Waals surface area contributed by atoms with Gasteiger partial charge in [0.25, 0.3) is 0 Å². The van der Waals surface area contributed by atoms with Crippen LogP contribution in [-0.2, 0) is 4.79 Å². The topological polar surface area (TPSA) is 81.7 Å². The van der Waals surface area contributed by atoms with E-state index in [1.807, 2.05) is 19.0 Å². The molecule has 1 aliphatic rings. The van der Waals surface area contributed by atoms with E-state index in [9.17, 15) is 9.59 Å². The predicted molar refractivity (Wildman–Crippen MR) is 77.7 cm³/mol. The molecular formula is C14H27N3O3. The molecule has 1 saturated carbocycles. The van der Waals surface area contributed by atoms with Crippen molar-refractivity contribution >= 4 is 12.0 Å². The van der Waals surface area contributed by atoms with E-state index in [-0.39, 0.29) is 18.5 Å². The van der Waals surface area contributed by atoms with Gasteiger partial charge in [0.15, 0.2) is 0 Å². The van der Waals surface area contributed by atoms with Gasteiger partial charge in [-0.15, -0.1) is 0 Å². The van der Waals surface area contributed by atoms with Gasteiger partial charge >= 0.3 is 12.0 Å². The van der Waals surface area contributed by atoms with Crippen molar-refractivity contribution in [2.45, 2.75) is 51.1 Å². The number of urea groups is 1. The van der Waals surface area contributed by atoms with Gasteiger partial charge in [0, 0.05) is 12.6 Å². The van der Waals surface area contributed by atoms with Crippen molar-refractivity contribution in [1.29, 1.82) is 0 Å². The Labute approximate surface area is 120 Å². The van der Waals surface area contributed by atoms with Crippen molar-refractivity contribution in [3.63, 3.8) is 0 Å². The predicted octanol–water partition coefficient (Wildman–Crippen LogP) is 1.27. The Morgan fingerprint density at radius 1 is 1.30 bits per heavy atom. The summed E-state index contributed by atoms with van der Waals surface area (Å²) in [5.41, 5.74) is -0.546. The lowest BCUT2D eigenvalue weighted by atomic mass is 9.74. The minimum Gasteiger partial charge on any atom is -0.481 e. The second-order valence-electron chi connectivity index (χ2n) is 6.42. The number of carbonyl (C=O) groups excluding carboxylic acids is 1. The van der Waals surface area contributed by atoms with E-state index >= 15 is 0 Å². The second-order valence-corrected chi connectivity index (χ2v) is 6.42. The lowest BCUT2D eigenvalue weighted by Crippen LogP contribution is -2.59. The molecule has 0 aromatic heterocycles. The lowest BCUT2D eigenvalue weighted by molar-refractivity contribution is -0.139. The van der Waals surface area contributed by atoms with Gasteiger partial charge in [-0.1, -0.05) is 13.8 Å². The van der Waals surface area contributed by atoms with Gasteiger partial charge in [-0.3, -0.25) is 4.79 Å². The molecule has 6 nitrogen and oxygen atoms in total. The van der Waals surface area contributed by atoms with E-state index in [0.29, 0.717) is 5.92 Å². The smallest absolute Gasteiger partial charge is 0.315 e. The molecule has 0 heterocycles. The first kappa shape index (κ1) is 16.8. The lowest BCUT2D eigenvalue weighted by Gasteiger charge is -2.42. The summed E-state index contributed by atoms with van der Waals surface area (Å²) in [7, 11) is 3.93. The van der Waals surface area contributed by atoms with Crippen LogP contribution in [0.25, 0.3) is 0 Å². The van der Waals surface area contributed by atoms with Gasteiger partial charge in [-0.25, -0.2) is 4.79 Å². The molecule has 1 fully saturated rings. The Morgan fingerprint density at radius 2 is 1.90 bits per heavy atom. The molecule has 1 atom stereocenters. The van der Waals surface area contributed by atoms with Crippen LogP contribution in [0.4, 0.5) is 4.79 Å². The van der Waals surface area contributed by atoms with Crippen LogP contribution < -0.4 is 10.6 Å². The molecule has 1 aliphatic carbocycles. The summed E-state index contributed by atoms with van der Waals surface area (Å²) >= 11 is 0. The zero-order valence-electron chi connectivity index (χ0n) is 12.9. The van der Waals surface area contributed by atoms with E-state index in [1.54, 1.807) is 0 Å². The Hall–Kier alpha value is -1.30. The fourth-order valence-corrected chi connectivity index (χ4v) is 2.50. The molecule has 1 rings (SSSR count). The number of carboxylic acid groups (broad SMARTS) is 1. The molecule has 0 radical (unpaired) electrons. The average Bonchev–Trinajstić information content (AvgIpc) is 2.23. The Balaban J connectivity index is 2.54. The standard InChI is InChI=1S/C14H27N3O3/c1-10(2)11(9-17(3)4)15-13(20)16-14(6-5-7-14)8-12(18)19/h10-11H,5-9H2,1-4H3,(H,18,19)(H2,15,16,20). The molecule has 1 unspecified atom stereocenters. The highest BCUT2D eigenvalue weighted by Crippen LogP contribution is 2.34. The highest BCUT2D eigenvalue weighted by molar-refractivity contribution is 5.77. The van der Waals surface area contributed by atoms with Gasteiger partial charge in [-0.2, -0.15) is 0 Å². The van der Waals surface area contributed by atoms with E-state index in [1.165, 1.54) is 0 Å². The van der Waals surface area contributed by atoms with Crippen molar-refractivity contribution in [2.75, 3.05) is 20.6 Å². The Morgan fingerprint density at radius 3 is 2.25 bits per heavy atom. The maximum absolute atomic E-state index is 12.1. The van der Waals surface area contributed by atoms with E-state index in [2.05, 4.69) is 24.5 Å². The van der Waals surface area contributed by atoms with Crippen LogP contribution in [-0.4, -0.2) is 54.2 Å². The first-order valence-electron chi connectivity index (χ1n) is 7.19. The largest absolute Gasteiger partial charge is 0.481 e. The number of aliphatic carboxylic acids is 1. The molecule has 2 amide bonds. The maximum atomic E-state index is 12.1. The Kier molecular flexibility index (Phi) is 5.80. The van der Waals surface area contributed by atoms with Gasteiger partial charge in [0.05, 0.1) is 12.0 Å². The normalized spacial score (nSPS) is 18.5. The maximum Gasteiger partial charge on any atom is 0.315 e. The number of amides is 2. The van der Waals surface area contributed by atoms with Crippen LogP contribution in [0.15, 0.2) is 0 Å². The van der Waals surface area contributed by atoms with Crippen LogP contribution in [0.5, 0.6) is 0 Å². The van der Waals surface area contributed by atoms with Gasteiger partial charge in [-0.05, 0) is 39.3 Å². The fraction of sp³-hybridized carbons (Fsp3) is 0.857. The quantitative estimate of drug-likeness (QED) is 0.658. The third-order valence-corrected chi connectivity index (χ3v) is 3.86. The minimum atomic E-state index is -0.862. The SMILES string of the molecule is CC(C)C(CN(C)C)NC(=O)NC1(CC(=O)O)CCC1. The number of hydrogen-bond acceptors (Lipinski definition) is 3. The number of carboxylic acids is 1. The van der Waals surface area contributed by atoms with Crippen molar-refractivity contribution < 1.29 is 14.7 Å². The first-order chi connectivity index (χ1) is 9.24. The zero-order chi connectivity index (χ0) is 15.3. The van der Waals surface area contributed by atoms with Gasteiger partial charge in [0.1, 0.15) is 0 Å². The molecule has 3 N–H and O–H groups in total. The number of likely N-dealkylation sites (N-methyl/N-ethyl adjacent to an activating group) is 1. The number of carbonyl (C=O) groups is 2. The summed E-state index contributed by atoms with van der Waals surface area (Å²) in [6.07, 6.45) is 2.46. The summed E-state index contributed by atoms with van der Waals surface area (Å²) in [4.78, 5) is 25.0. The van der Waals surface area contributed by atoms with Crippen molar-refractivity contribution in [3.05, 3.63) is 0 Å². The third kappa shape index (κ3) is 5.00. The number of nitrogens with one attached hydrogen (secondary N) is 2. The summed E-state index contributed by atoms with van der Waals surface area (Å²) in [6.45, 7) is 4.88. The summed E-state index contributed by atoms with van der Waals surface area (Å²) in [5, 5.41) is 14.8. The van der Waals surface area contributed by atoms with Crippen molar-refractivity contribution in [3.8, 4) is 0 Å². The Bertz CT molecular complexity index is 352. The van der Waals surface area contributed by atoms with Crippen molar-refractivity contribution in [2.24, 2.45) is 5.92 Å². The van der Waals surface area contributed by atoms with Crippen LogP contribution in [0.2, 0.25) is 0 Å². The molecule has 20 heavy (non-hydrogen) atoms. The first-order valence-corrected chi connectivity index (χ1v) is 7.19. The second kappa shape index (κ2) is 6.92. The molecule has 6 heteroatoms. The zero-order valence-corrected chi connectivity index (χ0v) is 12.9. The number of rotatable bonds is 7. The molecule has 0 bridgehead atoms. The third-order valence-electron chi connectivity index (χ3n) is 3.86. The highest BCUT2D eigenvalue weighted by Gasteiger charge is 2.40. The molecule has 116 valence electrons. The van der Waals surface area contributed by atoms with E-state index in [4.69, 9.17) is 5.11 Å². The van der Waals surface area contributed by atoms with Gasteiger partial charge in [0.2, 0.25) is 0 Å². The minimum absolute atomic E-state index is 0.000442. The van der Waals surface area contributed by atoms with E-state index < -0.39 is 11.5 Å². The molecule has 0 spiro atoms. The molecule has 0 aromatic rings. The summed E-state index contributed by atoms with van der Waals surface area (Å²) in [5.74, 6) is -0.543. The number of nitrogens with zero attached hydrogens (tertiary/aromatic N) is 1. The van der Waals surface area contributed by atoms with E-state index in [0.717, 1.165) is 25.8 Å². The van der Waals surface area contributed by atoms with Crippen LogP contribution in [0, 0.1) is 5.92 Å². The molecule has 0 aliphatic heterocycles. The fourth-order valence-electron chi connectivity index (χ4n) is 2.50. The summed E-state index contributed by atoms with van der Waals surface area (Å²) in [6, 6.07) is -0.210. The number of hydrogen-bond donors (Lipinski definition) is 3. The van der Waals surface area contributed by atoms with Crippen LogP contribution in [0.1, 0.15) is 39.5 Å². The molecule has 0 saturated heterocycles. The highest BCUT2D eigenvalue weighted by atomic mass is 16.4. The van der Waals surface area contributed by atoms with Crippen LogP contribution >= 0.6 is 0 Å². The van der Waals surface area contributed by atoms with Crippen molar-refractivity contribution in [1.82, 2.24) is 15.5 Å². The van der Waals surface area contributed by atoms with Crippen LogP contribution in [0.3, 0.4) is 0 Å². The summed E-state index contributed by atoms with van der Waals surface area (Å²) < 4.78 is 0. The molecular weight excluding hydrogens is 258 g/mol. The molecule has 0 aromatic carbocycles. The van der Waals surface area contributed by atoms with Gasteiger partial charge < -0.3 is 20.6 Å².